The fourth-order valence-corrected chi connectivity index (χ4v) is 9.56. The van der Waals surface area contributed by atoms with Crippen molar-refractivity contribution >= 4 is 65.6 Å². The second-order valence-corrected chi connectivity index (χ2v) is 16.6. The Kier molecular flexibility index (Phi) is 9.05. The topological polar surface area (TPSA) is 23.0 Å². The van der Waals surface area contributed by atoms with E-state index in [1.807, 2.05) is 30.3 Å². The second-order valence-electron chi connectivity index (χ2n) is 16.6. The highest BCUT2D eigenvalue weighted by Gasteiger charge is 2.17. The Hall–Kier alpha value is -8.40. The minimum absolute atomic E-state index is 0.910. The van der Waals surface area contributed by atoms with E-state index >= 15 is 0 Å². The maximum atomic E-state index is 6.16. The minimum atomic E-state index is 0.910. The van der Waals surface area contributed by atoms with Gasteiger partial charge in [0.1, 0.15) is 11.2 Å². The number of furan rings is 1. The molecule has 3 heteroatoms. The van der Waals surface area contributed by atoms with Gasteiger partial charge in [-0.25, -0.2) is 0 Å². The van der Waals surface area contributed by atoms with E-state index in [9.17, 15) is 0 Å². The van der Waals surface area contributed by atoms with Gasteiger partial charge in [0, 0.05) is 43.7 Å². The average Bonchev–Trinajstić information content (AvgIpc) is 4.02. The summed E-state index contributed by atoms with van der Waals surface area (Å²) in [6.07, 6.45) is 0. The molecule has 0 saturated carbocycles. The van der Waals surface area contributed by atoms with Gasteiger partial charge >= 0.3 is 0 Å². The normalized spacial score (nSPS) is 11.5. The third-order valence-electron chi connectivity index (χ3n) is 12.6. The molecule has 13 aromatic rings. The minimum Gasteiger partial charge on any atom is -0.456 e. The van der Waals surface area contributed by atoms with Crippen LogP contribution in [-0.2, 0) is 0 Å². The summed E-state index contributed by atoms with van der Waals surface area (Å²) in [5, 5.41) is 7.24. The molecule has 0 fully saturated rings. The molecule has 302 valence electrons. The molecule has 0 saturated heterocycles. The van der Waals surface area contributed by atoms with Gasteiger partial charge in [-0.15, -0.1) is 0 Å². The zero-order chi connectivity index (χ0) is 42.6. The Morgan fingerprint density at radius 2 is 0.656 bits per heavy atom. The van der Waals surface area contributed by atoms with Crippen molar-refractivity contribution in [2.45, 2.75) is 6.92 Å². The molecule has 64 heavy (non-hydrogen) atoms. The van der Waals surface area contributed by atoms with Crippen LogP contribution < -0.4 is 0 Å². The van der Waals surface area contributed by atoms with Crippen LogP contribution in [0.1, 0.15) is 5.56 Å². The lowest BCUT2D eigenvalue weighted by Crippen LogP contribution is -1.93. The summed E-state index contributed by atoms with van der Waals surface area (Å²) in [5.74, 6) is 0. The SMILES string of the molecule is Cc1ccccc1.c1ccc(-n2c3ccccc3c3cc(-c4cccc(-c5ccc6c(c5)c5cc(-c7ccc8oc9ccccc9c8c7)ccc5n6-c5ccccc5)c4)ccc32)cc1. The zero-order valence-corrected chi connectivity index (χ0v) is 35.3. The van der Waals surface area contributed by atoms with Crippen LogP contribution in [0.5, 0.6) is 0 Å². The Balaban J connectivity index is 0.000000568. The molecule has 0 unspecified atom stereocenters. The van der Waals surface area contributed by atoms with Crippen molar-refractivity contribution < 1.29 is 4.42 Å². The maximum Gasteiger partial charge on any atom is 0.135 e. The van der Waals surface area contributed by atoms with Crippen LogP contribution >= 0.6 is 0 Å². The van der Waals surface area contributed by atoms with E-state index in [2.05, 4.69) is 222 Å². The first-order chi connectivity index (χ1) is 31.6. The second kappa shape index (κ2) is 15.5. The van der Waals surface area contributed by atoms with Gasteiger partial charge in [0.2, 0.25) is 0 Å². The number of benzene rings is 10. The molecule has 0 radical (unpaired) electrons. The molecule has 0 aliphatic rings. The van der Waals surface area contributed by atoms with E-state index in [0.717, 1.165) is 27.6 Å². The standard InChI is InChI=1S/C54H34N2O.C7H8/c1-3-14-41(15-4-1)55-49-20-9-7-18-43(49)45-31-37(22-26-50(45)55)35-12-11-13-36(30-35)38-23-27-51-46(32-38)47-33-39(24-28-52(47)56(51)42-16-5-2-6-17-42)40-25-29-54-48(34-40)44-19-8-10-21-53(44)57-54;1-7-5-3-2-4-6-7/h1-34H;2-6H,1H3. The maximum absolute atomic E-state index is 6.16. The van der Waals surface area contributed by atoms with Crippen molar-refractivity contribution in [3.05, 3.63) is 242 Å². The third kappa shape index (κ3) is 6.45. The van der Waals surface area contributed by atoms with Crippen molar-refractivity contribution in [3.8, 4) is 44.8 Å². The molecule has 0 atom stereocenters. The van der Waals surface area contributed by atoms with Crippen molar-refractivity contribution in [1.29, 1.82) is 0 Å². The van der Waals surface area contributed by atoms with Crippen LogP contribution in [0.2, 0.25) is 0 Å². The van der Waals surface area contributed by atoms with Crippen LogP contribution in [0, 0.1) is 6.92 Å². The molecular formula is C61H42N2O. The number of hydrogen-bond donors (Lipinski definition) is 0. The first-order valence-electron chi connectivity index (χ1n) is 21.9. The van der Waals surface area contributed by atoms with Gasteiger partial charge in [-0.2, -0.15) is 0 Å². The summed E-state index contributed by atoms with van der Waals surface area (Å²) < 4.78 is 10.9. The van der Waals surface area contributed by atoms with Gasteiger partial charge in [0.25, 0.3) is 0 Å². The van der Waals surface area contributed by atoms with Crippen molar-refractivity contribution in [2.24, 2.45) is 0 Å². The Labute approximate surface area is 371 Å². The fourth-order valence-electron chi connectivity index (χ4n) is 9.56. The summed E-state index contributed by atoms with van der Waals surface area (Å²) in [4.78, 5) is 0. The number of para-hydroxylation sites is 4. The smallest absolute Gasteiger partial charge is 0.135 e. The highest BCUT2D eigenvalue weighted by molar-refractivity contribution is 6.13. The molecule has 0 spiro atoms. The fraction of sp³-hybridized carbons (Fsp3) is 0.0164. The van der Waals surface area contributed by atoms with Gasteiger partial charge in [0.15, 0.2) is 0 Å². The summed E-state index contributed by atoms with van der Waals surface area (Å²) >= 11 is 0. The Morgan fingerprint density at radius 1 is 0.266 bits per heavy atom. The highest BCUT2D eigenvalue weighted by atomic mass is 16.3. The van der Waals surface area contributed by atoms with Crippen LogP contribution in [0.3, 0.4) is 0 Å². The lowest BCUT2D eigenvalue weighted by Gasteiger charge is -2.10. The van der Waals surface area contributed by atoms with Crippen LogP contribution in [0.15, 0.2) is 241 Å². The van der Waals surface area contributed by atoms with E-state index in [1.54, 1.807) is 0 Å². The van der Waals surface area contributed by atoms with Crippen LogP contribution in [-0.4, -0.2) is 9.13 Å². The molecule has 0 aliphatic heterocycles. The van der Waals surface area contributed by atoms with Crippen molar-refractivity contribution in [2.75, 3.05) is 0 Å². The van der Waals surface area contributed by atoms with E-state index in [4.69, 9.17) is 4.42 Å². The van der Waals surface area contributed by atoms with E-state index in [1.165, 1.54) is 88.2 Å². The molecule has 10 aromatic carbocycles. The molecule has 0 amide bonds. The van der Waals surface area contributed by atoms with Gasteiger partial charge in [-0.1, -0.05) is 151 Å². The molecule has 0 N–H and O–H groups in total. The lowest BCUT2D eigenvalue weighted by molar-refractivity contribution is 0.669. The number of aryl methyl sites for hydroxylation is 1. The first-order valence-corrected chi connectivity index (χ1v) is 21.9. The lowest BCUT2D eigenvalue weighted by atomic mass is 9.96. The number of fused-ring (bicyclic) bond motifs is 9. The van der Waals surface area contributed by atoms with Gasteiger partial charge in [-0.3, -0.25) is 0 Å². The summed E-state index contributed by atoms with van der Waals surface area (Å²) in [7, 11) is 0. The molecule has 13 rings (SSSR count). The predicted octanol–water partition coefficient (Wildman–Crippen LogP) is 16.8. The highest BCUT2D eigenvalue weighted by Crippen LogP contribution is 2.40. The van der Waals surface area contributed by atoms with Gasteiger partial charge < -0.3 is 13.6 Å². The molecule has 3 aromatic heterocycles. The van der Waals surface area contributed by atoms with E-state index in [0.29, 0.717) is 0 Å². The Morgan fingerprint density at radius 3 is 1.19 bits per heavy atom. The molecule has 3 heterocycles. The van der Waals surface area contributed by atoms with Gasteiger partial charge in [0.05, 0.1) is 22.1 Å². The third-order valence-corrected chi connectivity index (χ3v) is 12.6. The van der Waals surface area contributed by atoms with E-state index < -0.39 is 0 Å². The van der Waals surface area contributed by atoms with Crippen LogP contribution in [0.25, 0.3) is 110 Å². The number of rotatable bonds is 5. The summed E-state index contributed by atoms with van der Waals surface area (Å²) in [6.45, 7) is 2.08. The molecule has 0 bridgehead atoms. The monoisotopic (exact) mass is 818 g/mol. The average molecular weight is 819 g/mol. The zero-order valence-electron chi connectivity index (χ0n) is 35.3. The van der Waals surface area contributed by atoms with Crippen molar-refractivity contribution in [1.82, 2.24) is 9.13 Å². The molecular weight excluding hydrogens is 777 g/mol. The van der Waals surface area contributed by atoms with Crippen LogP contribution in [0.4, 0.5) is 0 Å². The summed E-state index contributed by atoms with van der Waals surface area (Å²) in [6, 6.07) is 84.9. The van der Waals surface area contributed by atoms with Crippen molar-refractivity contribution in [3.63, 3.8) is 0 Å². The quantitative estimate of drug-likeness (QED) is 0.170. The number of aromatic nitrogens is 2. The Bertz CT molecular complexity index is 3840. The molecule has 0 aliphatic carbocycles. The number of hydrogen-bond acceptors (Lipinski definition) is 1. The first kappa shape index (κ1) is 37.4. The van der Waals surface area contributed by atoms with E-state index in [-0.39, 0.29) is 0 Å². The van der Waals surface area contributed by atoms with Gasteiger partial charge in [-0.05, 0) is 131 Å². The molecule has 3 nitrogen and oxygen atoms in total. The number of nitrogens with zero attached hydrogens (tertiary/aromatic N) is 2. The predicted molar refractivity (Wildman–Crippen MR) is 270 cm³/mol. The summed E-state index contributed by atoms with van der Waals surface area (Å²) in [5.41, 5.74) is 17.4. The largest absolute Gasteiger partial charge is 0.456 e.